The summed E-state index contributed by atoms with van der Waals surface area (Å²) in [6.45, 7) is 0.131. The van der Waals surface area contributed by atoms with E-state index in [2.05, 4.69) is 15.3 Å². The lowest BCUT2D eigenvalue weighted by Crippen LogP contribution is -2.33. The van der Waals surface area contributed by atoms with E-state index in [1.807, 2.05) is 6.07 Å². The summed E-state index contributed by atoms with van der Waals surface area (Å²) >= 11 is 1.30. The Balaban J connectivity index is 1.44. The number of rotatable bonds is 8. The van der Waals surface area contributed by atoms with Crippen LogP contribution in [0.15, 0.2) is 89.8 Å². The summed E-state index contributed by atoms with van der Waals surface area (Å²) in [6.07, 6.45) is 0.269. The second-order valence-corrected chi connectivity index (χ2v) is 10.3. The van der Waals surface area contributed by atoms with Gasteiger partial charge in [-0.1, -0.05) is 47.7 Å². The lowest BCUT2D eigenvalue weighted by molar-refractivity contribution is -0.384. The van der Waals surface area contributed by atoms with Gasteiger partial charge in [-0.3, -0.25) is 14.4 Å². The Morgan fingerprint density at radius 1 is 0.914 bits per heavy atom. The highest BCUT2D eigenvalue weighted by molar-refractivity contribution is 7.92. The molecule has 12 heteroatoms. The molecule has 5 rings (SSSR count). The highest BCUT2D eigenvalue weighted by Crippen LogP contribution is 2.28. The minimum absolute atomic E-state index is 0.00179. The number of fused-ring (bicyclic) bond motifs is 1. The van der Waals surface area contributed by atoms with Crippen LogP contribution in [0.3, 0.4) is 0 Å². The minimum Gasteiger partial charge on any atom is -0.266 e. The molecule has 0 aliphatic heterocycles. The normalized spacial score (nSPS) is 11.5. The molecule has 0 aliphatic rings. The smallest absolute Gasteiger partial charge is 0.266 e. The Hall–Kier alpha value is -4.16. The predicted octanol–water partition coefficient (Wildman–Crippen LogP) is 4.20. The molecule has 0 bridgehead atoms. The van der Waals surface area contributed by atoms with Crippen molar-refractivity contribution in [2.24, 2.45) is 0 Å². The fraction of sp³-hybridized carbons (Fsp3) is 0.0870. The van der Waals surface area contributed by atoms with Gasteiger partial charge in [-0.2, -0.15) is 9.61 Å². The molecule has 0 radical (unpaired) electrons. The fourth-order valence-electron chi connectivity index (χ4n) is 3.56. The summed E-state index contributed by atoms with van der Waals surface area (Å²) in [5.74, 6) is 0.508. The van der Waals surface area contributed by atoms with Crippen LogP contribution in [-0.2, 0) is 16.4 Å². The highest BCUT2D eigenvalue weighted by atomic mass is 32.2. The third-order valence-corrected chi connectivity index (χ3v) is 8.08. The average Bonchev–Trinajstić information content (AvgIpc) is 3.47. The van der Waals surface area contributed by atoms with Gasteiger partial charge in [0.15, 0.2) is 5.82 Å². The van der Waals surface area contributed by atoms with Crippen molar-refractivity contribution in [3.8, 4) is 10.6 Å². The molecule has 0 aliphatic carbocycles. The number of anilines is 1. The summed E-state index contributed by atoms with van der Waals surface area (Å²) in [4.78, 5) is 11.2. The molecule has 0 N–H and O–H groups in total. The van der Waals surface area contributed by atoms with E-state index in [9.17, 15) is 18.5 Å². The molecule has 2 heterocycles. The van der Waals surface area contributed by atoms with Gasteiger partial charge in [0.1, 0.15) is 5.01 Å². The van der Waals surface area contributed by atoms with E-state index in [0.29, 0.717) is 21.5 Å². The van der Waals surface area contributed by atoms with Gasteiger partial charge < -0.3 is 0 Å². The van der Waals surface area contributed by atoms with Crippen molar-refractivity contribution >= 4 is 37.7 Å². The quantitative estimate of drug-likeness (QED) is 0.228. The molecule has 0 saturated carbocycles. The summed E-state index contributed by atoms with van der Waals surface area (Å²) < 4.78 is 29.8. The molecule has 0 saturated heterocycles. The van der Waals surface area contributed by atoms with Crippen molar-refractivity contribution in [1.29, 1.82) is 0 Å². The Morgan fingerprint density at radius 2 is 1.57 bits per heavy atom. The van der Waals surface area contributed by atoms with Crippen LogP contribution in [0.4, 0.5) is 11.4 Å². The first-order valence-corrected chi connectivity index (χ1v) is 12.8. The Bertz CT molecular complexity index is 1580. The Morgan fingerprint density at radius 3 is 2.23 bits per heavy atom. The van der Waals surface area contributed by atoms with Gasteiger partial charge in [0, 0.05) is 30.7 Å². The zero-order chi connectivity index (χ0) is 24.4. The first kappa shape index (κ1) is 22.6. The van der Waals surface area contributed by atoms with Gasteiger partial charge in [0.05, 0.1) is 15.5 Å². The molecule has 3 aromatic carbocycles. The van der Waals surface area contributed by atoms with Crippen LogP contribution < -0.4 is 4.31 Å². The van der Waals surface area contributed by atoms with Gasteiger partial charge in [-0.05, 0) is 36.4 Å². The molecule has 2 aromatic heterocycles. The van der Waals surface area contributed by atoms with Gasteiger partial charge in [0.25, 0.3) is 15.7 Å². The first-order valence-electron chi connectivity index (χ1n) is 10.5. The van der Waals surface area contributed by atoms with E-state index in [4.69, 9.17) is 0 Å². The van der Waals surface area contributed by atoms with Crippen LogP contribution in [0, 0.1) is 10.1 Å². The van der Waals surface area contributed by atoms with Crippen molar-refractivity contribution < 1.29 is 13.3 Å². The van der Waals surface area contributed by atoms with Crippen molar-refractivity contribution in [2.45, 2.75) is 11.3 Å². The SMILES string of the molecule is O=[N+]([O-])c1ccc(-c2nn3c(CCN(c4ccccc4)S(=O)(=O)c4ccccc4)nnc3s2)cc1. The second kappa shape index (κ2) is 9.24. The number of para-hydroxylation sites is 1. The molecule has 35 heavy (non-hydrogen) atoms. The lowest BCUT2D eigenvalue weighted by atomic mass is 10.2. The molecule has 0 unspecified atom stereocenters. The average molecular weight is 507 g/mol. The standard InChI is InChI=1S/C23H18N6O4S2/c30-29(31)19-13-11-17(12-14-19)22-26-28-21(24-25-23(28)34-22)15-16-27(18-7-3-1-4-8-18)35(32,33)20-9-5-2-6-10-20/h1-14H,15-16H2. The monoisotopic (exact) mass is 506 g/mol. The number of nitro benzene ring substituents is 1. The highest BCUT2D eigenvalue weighted by Gasteiger charge is 2.25. The molecule has 10 nitrogen and oxygen atoms in total. The maximum absolute atomic E-state index is 13.4. The number of sulfonamides is 1. The molecule has 5 aromatic rings. The zero-order valence-corrected chi connectivity index (χ0v) is 19.8. The number of aromatic nitrogens is 4. The molecular weight excluding hydrogens is 488 g/mol. The van der Waals surface area contributed by atoms with E-state index in [1.165, 1.54) is 27.8 Å². The zero-order valence-electron chi connectivity index (χ0n) is 18.1. The van der Waals surface area contributed by atoms with Gasteiger partial charge >= 0.3 is 0 Å². The molecular formula is C23H18N6O4S2. The first-order chi connectivity index (χ1) is 16.9. The third-order valence-electron chi connectivity index (χ3n) is 5.29. The number of non-ortho nitro benzene ring substituents is 1. The van der Waals surface area contributed by atoms with Crippen LogP contribution in [0.5, 0.6) is 0 Å². The summed E-state index contributed by atoms with van der Waals surface area (Å²) in [7, 11) is -3.81. The second-order valence-electron chi connectivity index (χ2n) is 7.50. The lowest BCUT2D eigenvalue weighted by Gasteiger charge is -2.24. The van der Waals surface area contributed by atoms with Crippen LogP contribution in [0.1, 0.15) is 5.82 Å². The van der Waals surface area contributed by atoms with E-state index < -0.39 is 14.9 Å². The third kappa shape index (κ3) is 4.48. The van der Waals surface area contributed by atoms with Crippen molar-refractivity contribution in [1.82, 2.24) is 19.8 Å². The maximum Gasteiger partial charge on any atom is 0.269 e. The summed E-state index contributed by atoms with van der Waals surface area (Å²) in [6, 6.07) is 23.3. The van der Waals surface area contributed by atoms with E-state index in [-0.39, 0.29) is 23.5 Å². The molecule has 176 valence electrons. The predicted molar refractivity (Wildman–Crippen MR) is 132 cm³/mol. The van der Waals surface area contributed by atoms with Crippen molar-refractivity contribution in [2.75, 3.05) is 10.8 Å². The molecule has 0 atom stereocenters. The minimum atomic E-state index is -3.81. The van der Waals surface area contributed by atoms with Crippen molar-refractivity contribution in [3.05, 3.63) is 101 Å². The number of hydrogen-bond donors (Lipinski definition) is 0. The summed E-state index contributed by atoms with van der Waals surface area (Å²) in [5, 5.41) is 24.5. The fourth-order valence-corrected chi connectivity index (χ4v) is 5.91. The van der Waals surface area contributed by atoms with E-state index >= 15 is 0 Å². The van der Waals surface area contributed by atoms with Crippen LogP contribution >= 0.6 is 11.3 Å². The van der Waals surface area contributed by atoms with Gasteiger partial charge in [-0.25, -0.2) is 8.42 Å². The Labute approximate surface area is 204 Å². The number of benzene rings is 3. The van der Waals surface area contributed by atoms with Crippen LogP contribution in [-0.4, -0.2) is 39.7 Å². The van der Waals surface area contributed by atoms with Crippen LogP contribution in [0.25, 0.3) is 15.5 Å². The van der Waals surface area contributed by atoms with Crippen molar-refractivity contribution in [3.63, 3.8) is 0 Å². The van der Waals surface area contributed by atoms with E-state index in [0.717, 1.165) is 5.56 Å². The topological polar surface area (TPSA) is 124 Å². The number of nitro groups is 1. The molecule has 0 amide bonds. The largest absolute Gasteiger partial charge is 0.269 e. The summed E-state index contributed by atoms with van der Waals surface area (Å²) in [5.41, 5.74) is 1.26. The number of hydrogen-bond acceptors (Lipinski definition) is 8. The maximum atomic E-state index is 13.4. The molecule has 0 fully saturated rings. The van der Waals surface area contributed by atoms with Gasteiger partial charge in [0.2, 0.25) is 4.96 Å². The number of nitrogens with zero attached hydrogens (tertiary/aromatic N) is 6. The molecule has 0 spiro atoms. The van der Waals surface area contributed by atoms with E-state index in [1.54, 1.807) is 71.2 Å². The van der Waals surface area contributed by atoms with Crippen LogP contribution in [0.2, 0.25) is 0 Å². The Kier molecular flexibility index (Phi) is 5.97. The van der Waals surface area contributed by atoms with Gasteiger partial charge in [-0.15, -0.1) is 10.2 Å².